The molecule has 0 amide bonds. The van der Waals surface area contributed by atoms with Crippen LogP contribution in [0.5, 0.6) is 0 Å². The van der Waals surface area contributed by atoms with E-state index in [0.29, 0.717) is 0 Å². The first-order valence-corrected chi connectivity index (χ1v) is 6.20. The molecule has 0 radical (unpaired) electrons. The Morgan fingerprint density at radius 1 is 1.00 bits per heavy atom. The van der Waals surface area contributed by atoms with Gasteiger partial charge in [-0.1, -0.05) is 6.92 Å². The zero-order valence-electron chi connectivity index (χ0n) is 11.6. The smallest absolute Gasteiger partial charge is 0.384 e. The molecule has 1 fully saturated rings. The number of halogens is 7. The van der Waals surface area contributed by atoms with E-state index in [0.717, 1.165) is 0 Å². The highest BCUT2D eigenvalue weighted by atomic mass is 19.3. The standard InChI is InChI=1S/C12H15F7O2/c1-4-8(2,3)7(20)21-10(15)6-5-9(13,14)11(16,17)12(10,18)19/h4-6H2,1-3H3. The monoisotopic (exact) mass is 324 g/mol. The van der Waals surface area contributed by atoms with Gasteiger partial charge >= 0.3 is 29.6 Å². The first-order chi connectivity index (χ1) is 9.15. The van der Waals surface area contributed by atoms with Gasteiger partial charge in [0.15, 0.2) is 0 Å². The Labute approximate surface area is 116 Å². The van der Waals surface area contributed by atoms with E-state index < -0.39 is 47.8 Å². The van der Waals surface area contributed by atoms with E-state index in [4.69, 9.17) is 0 Å². The average molecular weight is 324 g/mol. The number of carbonyl (C=O) groups is 1. The third-order valence-electron chi connectivity index (χ3n) is 3.77. The van der Waals surface area contributed by atoms with Gasteiger partial charge in [-0.2, -0.15) is 30.7 Å². The van der Waals surface area contributed by atoms with Crippen LogP contribution >= 0.6 is 0 Å². The zero-order valence-corrected chi connectivity index (χ0v) is 11.6. The van der Waals surface area contributed by atoms with Crippen LogP contribution in [0.25, 0.3) is 0 Å². The van der Waals surface area contributed by atoms with Gasteiger partial charge < -0.3 is 4.74 Å². The van der Waals surface area contributed by atoms with Crippen molar-refractivity contribution in [2.75, 3.05) is 0 Å². The second-order valence-corrected chi connectivity index (χ2v) is 5.71. The predicted molar refractivity (Wildman–Crippen MR) is 58.1 cm³/mol. The Morgan fingerprint density at radius 3 is 1.90 bits per heavy atom. The van der Waals surface area contributed by atoms with E-state index in [2.05, 4.69) is 4.74 Å². The van der Waals surface area contributed by atoms with Gasteiger partial charge in [0.25, 0.3) is 0 Å². The first-order valence-electron chi connectivity index (χ1n) is 6.20. The molecular formula is C12H15F7O2. The van der Waals surface area contributed by atoms with Crippen LogP contribution in [0.1, 0.15) is 40.0 Å². The highest BCUT2D eigenvalue weighted by Gasteiger charge is 2.84. The van der Waals surface area contributed by atoms with Crippen molar-refractivity contribution in [2.45, 2.75) is 63.7 Å². The number of alkyl halides is 7. The SMILES string of the molecule is CCC(C)(C)C(=O)OC1(F)CCC(F)(F)C(F)(F)C1(F)F. The Bertz CT molecular complexity index is 433. The normalized spacial score (nSPS) is 30.8. The molecule has 0 bridgehead atoms. The third kappa shape index (κ3) is 2.48. The van der Waals surface area contributed by atoms with E-state index in [-0.39, 0.29) is 6.42 Å². The van der Waals surface area contributed by atoms with Gasteiger partial charge in [0.2, 0.25) is 0 Å². The van der Waals surface area contributed by atoms with Crippen molar-refractivity contribution in [1.29, 1.82) is 0 Å². The molecule has 1 saturated carbocycles. The van der Waals surface area contributed by atoms with E-state index in [1.54, 1.807) is 0 Å². The molecule has 2 nitrogen and oxygen atoms in total. The van der Waals surface area contributed by atoms with E-state index >= 15 is 0 Å². The summed E-state index contributed by atoms with van der Waals surface area (Å²) in [4.78, 5) is 11.6. The second-order valence-electron chi connectivity index (χ2n) is 5.71. The molecule has 1 aliphatic carbocycles. The van der Waals surface area contributed by atoms with Crippen molar-refractivity contribution in [1.82, 2.24) is 0 Å². The van der Waals surface area contributed by atoms with Crippen molar-refractivity contribution in [2.24, 2.45) is 5.41 Å². The van der Waals surface area contributed by atoms with Crippen molar-refractivity contribution in [3.63, 3.8) is 0 Å². The second kappa shape index (κ2) is 4.74. The molecule has 0 aliphatic heterocycles. The van der Waals surface area contributed by atoms with E-state index in [9.17, 15) is 35.5 Å². The lowest BCUT2D eigenvalue weighted by Crippen LogP contribution is -2.69. The molecule has 1 unspecified atom stereocenters. The fraction of sp³-hybridized carbons (Fsp3) is 0.917. The van der Waals surface area contributed by atoms with Gasteiger partial charge in [-0.05, 0) is 20.3 Å². The van der Waals surface area contributed by atoms with Crippen LogP contribution in [-0.2, 0) is 9.53 Å². The fourth-order valence-electron chi connectivity index (χ4n) is 1.64. The molecule has 0 spiro atoms. The third-order valence-corrected chi connectivity index (χ3v) is 3.77. The lowest BCUT2D eigenvalue weighted by molar-refractivity contribution is -0.409. The van der Waals surface area contributed by atoms with Gasteiger partial charge in [0, 0.05) is 12.8 Å². The van der Waals surface area contributed by atoms with Crippen molar-refractivity contribution >= 4 is 5.97 Å². The highest BCUT2D eigenvalue weighted by Crippen LogP contribution is 2.59. The van der Waals surface area contributed by atoms with Crippen LogP contribution in [0, 0.1) is 5.41 Å². The van der Waals surface area contributed by atoms with E-state index in [1.807, 2.05) is 0 Å². The summed E-state index contributed by atoms with van der Waals surface area (Å²) in [5, 5.41) is 0. The summed E-state index contributed by atoms with van der Waals surface area (Å²) < 4.78 is 97.2. The quantitative estimate of drug-likeness (QED) is 0.570. The summed E-state index contributed by atoms with van der Waals surface area (Å²) in [7, 11) is 0. The predicted octanol–water partition coefficient (Wildman–Crippen LogP) is 4.33. The molecule has 9 heteroatoms. The summed E-state index contributed by atoms with van der Waals surface area (Å²) in [5.74, 6) is -22.8. The van der Waals surface area contributed by atoms with Crippen molar-refractivity contribution in [3.8, 4) is 0 Å². The molecule has 1 atom stereocenters. The number of carbonyl (C=O) groups excluding carboxylic acids is 1. The van der Waals surface area contributed by atoms with Gasteiger partial charge in [-0.25, -0.2) is 0 Å². The highest BCUT2D eigenvalue weighted by molar-refractivity contribution is 5.76. The van der Waals surface area contributed by atoms with Crippen LogP contribution in [0.4, 0.5) is 30.7 Å². The molecule has 0 aromatic rings. The molecule has 0 N–H and O–H groups in total. The molecule has 1 aliphatic rings. The fourth-order valence-corrected chi connectivity index (χ4v) is 1.64. The molecular weight excluding hydrogens is 309 g/mol. The Hall–Kier alpha value is -1.02. The topological polar surface area (TPSA) is 26.3 Å². The minimum Gasteiger partial charge on any atom is -0.421 e. The summed E-state index contributed by atoms with van der Waals surface area (Å²) >= 11 is 0. The minimum atomic E-state index is -5.95. The summed E-state index contributed by atoms with van der Waals surface area (Å²) in [6.45, 7) is 3.92. The molecule has 21 heavy (non-hydrogen) atoms. The Kier molecular flexibility index (Phi) is 4.07. The van der Waals surface area contributed by atoms with Crippen molar-refractivity contribution < 1.29 is 40.3 Å². The number of ether oxygens (including phenoxy) is 1. The van der Waals surface area contributed by atoms with Gasteiger partial charge in [-0.15, -0.1) is 0 Å². The van der Waals surface area contributed by atoms with Gasteiger partial charge in [0.05, 0.1) is 5.41 Å². The number of hydrogen-bond donors (Lipinski definition) is 0. The zero-order chi connectivity index (χ0) is 16.9. The average Bonchev–Trinajstić information content (AvgIpc) is 2.34. The lowest BCUT2D eigenvalue weighted by atomic mass is 9.84. The molecule has 124 valence electrons. The van der Waals surface area contributed by atoms with Gasteiger partial charge in [-0.3, -0.25) is 4.79 Å². The number of rotatable bonds is 3. The molecule has 0 heterocycles. The first kappa shape index (κ1) is 18.0. The van der Waals surface area contributed by atoms with Crippen LogP contribution in [0.3, 0.4) is 0 Å². The summed E-state index contributed by atoms with van der Waals surface area (Å²) in [6, 6.07) is 0. The molecule has 0 saturated heterocycles. The van der Waals surface area contributed by atoms with Gasteiger partial charge in [0.1, 0.15) is 0 Å². The minimum absolute atomic E-state index is 0.0556. The largest absolute Gasteiger partial charge is 0.421 e. The lowest BCUT2D eigenvalue weighted by Gasteiger charge is -2.45. The summed E-state index contributed by atoms with van der Waals surface area (Å²) in [5.41, 5.74) is -1.41. The number of esters is 1. The molecule has 1 rings (SSSR count). The van der Waals surface area contributed by atoms with Crippen LogP contribution in [-0.4, -0.2) is 29.6 Å². The maximum atomic E-state index is 14.1. The Morgan fingerprint density at radius 2 is 1.48 bits per heavy atom. The Balaban J connectivity index is 3.16. The summed E-state index contributed by atoms with van der Waals surface area (Å²) in [6.07, 6.45) is -3.51. The van der Waals surface area contributed by atoms with Crippen LogP contribution in [0.2, 0.25) is 0 Å². The van der Waals surface area contributed by atoms with Crippen LogP contribution < -0.4 is 0 Å². The van der Waals surface area contributed by atoms with E-state index in [1.165, 1.54) is 20.8 Å². The molecule has 0 aromatic heterocycles. The number of hydrogen-bond acceptors (Lipinski definition) is 2. The van der Waals surface area contributed by atoms with Crippen molar-refractivity contribution in [3.05, 3.63) is 0 Å². The maximum absolute atomic E-state index is 14.1. The van der Waals surface area contributed by atoms with Crippen LogP contribution in [0.15, 0.2) is 0 Å². The maximum Gasteiger partial charge on any atom is 0.384 e. The molecule has 0 aromatic carbocycles.